The molecule has 0 aromatic heterocycles. The van der Waals surface area contributed by atoms with E-state index in [1.807, 2.05) is 20.8 Å². The SMILES string of the molecule is CC(C)(C)NC(=O)CC(=O)NC1CCCCCC1. The summed E-state index contributed by atoms with van der Waals surface area (Å²) >= 11 is 0. The van der Waals surface area contributed by atoms with E-state index in [2.05, 4.69) is 10.6 Å². The van der Waals surface area contributed by atoms with Gasteiger partial charge in [-0.2, -0.15) is 0 Å². The lowest BCUT2D eigenvalue weighted by Crippen LogP contribution is -2.44. The summed E-state index contributed by atoms with van der Waals surface area (Å²) in [4.78, 5) is 23.4. The fourth-order valence-electron chi connectivity index (χ4n) is 2.31. The second-order valence-corrected chi connectivity index (χ2v) is 6.23. The summed E-state index contributed by atoms with van der Waals surface area (Å²) in [5.41, 5.74) is -0.278. The van der Waals surface area contributed by atoms with Crippen molar-refractivity contribution in [2.24, 2.45) is 0 Å². The van der Waals surface area contributed by atoms with Crippen LogP contribution in [-0.4, -0.2) is 23.4 Å². The molecule has 0 bridgehead atoms. The lowest BCUT2D eigenvalue weighted by molar-refractivity contribution is -0.130. The third-order valence-electron chi connectivity index (χ3n) is 3.06. The monoisotopic (exact) mass is 254 g/mol. The van der Waals surface area contributed by atoms with Crippen LogP contribution in [0.25, 0.3) is 0 Å². The summed E-state index contributed by atoms with van der Waals surface area (Å²) in [6, 6.07) is 0.266. The topological polar surface area (TPSA) is 58.2 Å². The molecule has 0 saturated heterocycles. The average Bonchev–Trinajstić information content (AvgIpc) is 2.42. The molecular weight excluding hydrogens is 228 g/mol. The van der Waals surface area contributed by atoms with Crippen LogP contribution in [0.15, 0.2) is 0 Å². The van der Waals surface area contributed by atoms with Gasteiger partial charge in [-0.15, -0.1) is 0 Å². The Kier molecular flexibility index (Phi) is 5.63. The molecule has 2 amide bonds. The van der Waals surface area contributed by atoms with Crippen LogP contribution in [0.2, 0.25) is 0 Å². The standard InChI is InChI=1S/C14H26N2O2/c1-14(2,3)16-13(18)10-12(17)15-11-8-6-4-5-7-9-11/h11H,4-10H2,1-3H3,(H,15,17)(H,16,18). The lowest BCUT2D eigenvalue weighted by Gasteiger charge is -2.21. The summed E-state index contributed by atoms with van der Waals surface area (Å²) in [5.74, 6) is -0.350. The predicted octanol–water partition coefficient (Wildman–Crippen LogP) is 2.13. The molecule has 1 rings (SSSR count). The van der Waals surface area contributed by atoms with Crippen LogP contribution in [0.3, 0.4) is 0 Å². The van der Waals surface area contributed by atoms with Crippen molar-refractivity contribution < 1.29 is 9.59 Å². The summed E-state index contributed by atoms with van der Waals surface area (Å²) < 4.78 is 0. The molecule has 4 nitrogen and oxygen atoms in total. The van der Waals surface area contributed by atoms with Crippen LogP contribution in [0.1, 0.15) is 65.7 Å². The number of carbonyl (C=O) groups is 2. The maximum Gasteiger partial charge on any atom is 0.229 e. The first kappa shape index (κ1) is 15.0. The number of carbonyl (C=O) groups excluding carboxylic acids is 2. The van der Waals surface area contributed by atoms with Gasteiger partial charge >= 0.3 is 0 Å². The van der Waals surface area contributed by atoms with Crippen LogP contribution >= 0.6 is 0 Å². The van der Waals surface area contributed by atoms with E-state index in [-0.39, 0.29) is 29.8 Å². The quantitative estimate of drug-likeness (QED) is 0.599. The summed E-state index contributed by atoms with van der Waals surface area (Å²) in [6.07, 6.45) is 6.92. The second kappa shape index (κ2) is 6.76. The zero-order chi connectivity index (χ0) is 13.6. The van der Waals surface area contributed by atoms with Gasteiger partial charge in [0.25, 0.3) is 0 Å². The average molecular weight is 254 g/mol. The number of hydrogen-bond acceptors (Lipinski definition) is 2. The first-order chi connectivity index (χ1) is 8.37. The molecular formula is C14H26N2O2. The van der Waals surface area contributed by atoms with E-state index in [1.54, 1.807) is 0 Å². The highest BCUT2D eigenvalue weighted by molar-refractivity contribution is 5.97. The number of rotatable bonds is 3. The maximum absolute atomic E-state index is 11.7. The minimum Gasteiger partial charge on any atom is -0.353 e. The number of nitrogens with one attached hydrogen (secondary N) is 2. The van der Waals surface area contributed by atoms with Gasteiger partial charge in [-0.05, 0) is 33.6 Å². The Hall–Kier alpha value is -1.06. The minimum absolute atomic E-state index is 0.0617. The molecule has 1 saturated carbocycles. The Morgan fingerprint density at radius 1 is 1.00 bits per heavy atom. The molecule has 0 aromatic rings. The Morgan fingerprint density at radius 3 is 2.06 bits per heavy atom. The van der Waals surface area contributed by atoms with Crippen molar-refractivity contribution >= 4 is 11.8 Å². The van der Waals surface area contributed by atoms with Crippen LogP contribution in [0.4, 0.5) is 0 Å². The van der Waals surface area contributed by atoms with E-state index in [0.717, 1.165) is 12.8 Å². The normalized spacial score (nSPS) is 17.9. The van der Waals surface area contributed by atoms with Gasteiger partial charge in [0.05, 0.1) is 0 Å². The first-order valence-corrected chi connectivity index (χ1v) is 6.97. The minimum atomic E-state index is -0.278. The highest BCUT2D eigenvalue weighted by Gasteiger charge is 2.19. The largest absolute Gasteiger partial charge is 0.353 e. The van der Waals surface area contributed by atoms with E-state index >= 15 is 0 Å². The molecule has 0 atom stereocenters. The molecule has 0 aliphatic heterocycles. The van der Waals surface area contributed by atoms with E-state index in [9.17, 15) is 9.59 Å². The van der Waals surface area contributed by atoms with Gasteiger partial charge in [0.15, 0.2) is 0 Å². The van der Waals surface area contributed by atoms with Crippen molar-refractivity contribution in [3.05, 3.63) is 0 Å². The Labute approximate surface area is 110 Å². The molecule has 2 N–H and O–H groups in total. The summed E-state index contributed by atoms with van der Waals surface area (Å²) in [7, 11) is 0. The first-order valence-electron chi connectivity index (χ1n) is 6.97. The predicted molar refractivity (Wildman–Crippen MR) is 72.1 cm³/mol. The molecule has 1 aliphatic carbocycles. The van der Waals surface area contributed by atoms with Crippen molar-refractivity contribution in [2.75, 3.05) is 0 Å². The molecule has 0 aromatic carbocycles. The molecule has 0 radical (unpaired) electrons. The van der Waals surface area contributed by atoms with Gasteiger partial charge < -0.3 is 10.6 Å². The van der Waals surface area contributed by atoms with Gasteiger partial charge in [0.1, 0.15) is 6.42 Å². The van der Waals surface area contributed by atoms with Crippen molar-refractivity contribution in [3.63, 3.8) is 0 Å². The van der Waals surface area contributed by atoms with Crippen LogP contribution < -0.4 is 10.6 Å². The van der Waals surface area contributed by atoms with E-state index in [1.165, 1.54) is 25.7 Å². The van der Waals surface area contributed by atoms with Crippen LogP contribution in [0, 0.1) is 0 Å². The summed E-state index contributed by atoms with van der Waals surface area (Å²) in [5, 5.41) is 5.78. The highest BCUT2D eigenvalue weighted by atomic mass is 16.2. The van der Waals surface area contributed by atoms with Gasteiger partial charge in [-0.25, -0.2) is 0 Å². The van der Waals surface area contributed by atoms with Crippen molar-refractivity contribution in [1.29, 1.82) is 0 Å². The maximum atomic E-state index is 11.7. The van der Waals surface area contributed by atoms with Crippen molar-refractivity contribution in [1.82, 2.24) is 10.6 Å². The zero-order valence-corrected chi connectivity index (χ0v) is 11.8. The molecule has 0 spiro atoms. The third-order valence-corrected chi connectivity index (χ3v) is 3.06. The molecule has 4 heteroatoms. The van der Waals surface area contributed by atoms with Gasteiger partial charge in [-0.1, -0.05) is 25.7 Å². The van der Waals surface area contributed by atoms with Crippen LogP contribution in [-0.2, 0) is 9.59 Å². The number of amides is 2. The fraction of sp³-hybridized carbons (Fsp3) is 0.857. The number of hydrogen-bond donors (Lipinski definition) is 2. The summed E-state index contributed by atoms with van der Waals surface area (Å²) in [6.45, 7) is 5.73. The smallest absolute Gasteiger partial charge is 0.229 e. The van der Waals surface area contributed by atoms with Crippen molar-refractivity contribution in [2.45, 2.75) is 77.3 Å². The van der Waals surface area contributed by atoms with Crippen LogP contribution in [0.5, 0.6) is 0 Å². The Morgan fingerprint density at radius 2 is 1.56 bits per heavy atom. The molecule has 104 valence electrons. The van der Waals surface area contributed by atoms with Crippen molar-refractivity contribution in [3.8, 4) is 0 Å². The molecule has 1 aliphatic rings. The third kappa shape index (κ3) is 6.62. The Balaban J connectivity index is 2.29. The molecule has 1 fully saturated rings. The molecule has 0 heterocycles. The highest BCUT2D eigenvalue weighted by Crippen LogP contribution is 2.17. The second-order valence-electron chi connectivity index (χ2n) is 6.23. The van der Waals surface area contributed by atoms with Gasteiger partial charge in [-0.3, -0.25) is 9.59 Å². The zero-order valence-electron chi connectivity index (χ0n) is 11.8. The van der Waals surface area contributed by atoms with Gasteiger partial charge in [0.2, 0.25) is 11.8 Å². The molecule has 18 heavy (non-hydrogen) atoms. The fourth-order valence-corrected chi connectivity index (χ4v) is 2.31. The van der Waals surface area contributed by atoms with E-state index < -0.39 is 0 Å². The molecule has 0 unspecified atom stereocenters. The van der Waals surface area contributed by atoms with E-state index in [4.69, 9.17) is 0 Å². The lowest BCUT2D eigenvalue weighted by atomic mass is 10.1. The Bertz CT molecular complexity index is 287. The van der Waals surface area contributed by atoms with Gasteiger partial charge in [0, 0.05) is 11.6 Å². The van der Waals surface area contributed by atoms with E-state index in [0.29, 0.717) is 0 Å².